The summed E-state index contributed by atoms with van der Waals surface area (Å²) in [6.45, 7) is 0. The zero-order valence-corrected chi connectivity index (χ0v) is 10.4. The molecule has 0 amide bonds. The molecule has 0 aromatic heterocycles. The minimum atomic E-state index is -3.83. The minimum absolute atomic E-state index is 0.251. The number of alkyl halides is 1. The minimum Gasteiger partial charge on any atom is -0.277 e. The first-order valence-electron chi connectivity index (χ1n) is 5.36. The van der Waals surface area contributed by atoms with E-state index < -0.39 is 40.1 Å². The summed E-state index contributed by atoms with van der Waals surface area (Å²) in [5.41, 5.74) is -4.08. The molecule has 2 rings (SSSR count). The van der Waals surface area contributed by atoms with E-state index in [9.17, 15) is 26.7 Å². The number of allylic oxidation sites excluding steroid dienone is 4. The molecule has 20 heavy (non-hydrogen) atoms. The molecule has 0 bridgehead atoms. The van der Waals surface area contributed by atoms with Crippen LogP contribution in [0.4, 0.5) is 22.0 Å². The second-order valence-electron chi connectivity index (χ2n) is 4.12. The highest BCUT2D eigenvalue weighted by atomic mass is 35.5. The predicted octanol–water partition coefficient (Wildman–Crippen LogP) is 4.56. The van der Waals surface area contributed by atoms with Crippen LogP contribution < -0.4 is 0 Å². The molecule has 0 heterocycles. The lowest BCUT2D eigenvalue weighted by atomic mass is 9.79. The van der Waals surface area contributed by atoms with Gasteiger partial charge in [0.1, 0.15) is 0 Å². The first-order valence-corrected chi connectivity index (χ1v) is 5.74. The van der Waals surface area contributed by atoms with Gasteiger partial charge in [0.05, 0.1) is 5.92 Å². The average molecular weight is 309 g/mol. The standard InChI is InChI=1S/C13H6ClF5O/c14-12(20)13(19)7(6-4-2-1-3-5-6)8(15)9(16)10(17)11(13)18/h1-5,7H. The first-order chi connectivity index (χ1) is 9.31. The van der Waals surface area contributed by atoms with Gasteiger partial charge < -0.3 is 0 Å². The van der Waals surface area contributed by atoms with Crippen molar-refractivity contribution in [2.45, 2.75) is 11.6 Å². The molecule has 1 nitrogen and oxygen atoms in total. The van der Waals surface area contributed by atoms with Crippen LogP contribution in [0.1, 0.15) is 11.5 Å². The molecular formula is C13H6ClF5O. The zero-order valence-electron chi connectivity index (χ0n) is 9.64. The van der Waals surface area contributed by atoms with Crippen molar-refractivity contribution in [3.05, 3.63) is 59.2 Å². The summed E-state index contributed by atoms with van der Waals surface area (Å²) in [5, 5.41) is -1.97. The predicted molar refractivity (Wildman–Crippen MR) is 62.4 cm³/mol. The van der Waals surface area contributed by atoms with Crippen molar-refractivity contribution in [3.8, 4) is 0 Å². The Kier molecular flexibility index (Phi) is 3.69. The highest BCUT2D eigenvalue weighted by molar-refractivity contribution is 6.66. The highest BCUT2D eigenvalue weighted by Gasteiger charge is 2.58. The number of benzene rings is 1. The molecule has 0 saturated heterocycles. The molecule has 0 spiro atoms. The number of hydrogen-bond donors (Lipinski definition) is 0. The van der Waals surface area contributed by atoms with Crippen molar-refractivity contribution in [1.29, 1.82) is 0 Å². The molecular weight excluding hydrogens is 303 g/mol. The van der Waals surface area contributed by atoms with Crippen LogP contribution in [0.5, 0.6) is 0 Å². The SMILES string of the molecule is O=C(Cl)C1(F)C(F)=C(F)C(F)=C(F)C1c1ccccc1. The van der Waals surface area contributed by atoms with Crippen LogP contribution in [0.15, 0.2) is 53.6 Å². The molecule has 7 heteroatoms. The maximum Gasteiger partial charge on any atom is 0.267 e. The highest BCUT2D eigenvalue weighted by Crippen LogP contribution is 2.52. The van der Waals surface area contributed by atoms with Gasteiger partial charge in [0.2, 0.25) is 0 Å². The maximum absolute atomic E-state index is 14.5. The molecule has 0 aliphatic heterocycles. The summed E-state index contributed by atoms with van der Waals surface area (Å²) in [4.78, 5) is 11.2. The van der Waals surface area contributed by atoms with Crippen LogP contribution in [0, 0.1) is 0 Å². The molecule has 1 aromatic carbocycles. The van der Waals surface area contributed by atoms with Crippen LogP contribution in [0.3, 0.4) is 0 Å². The van der Waals surface area contributed by atoms with Crippen LogP contribution in [0.2, 0.25) is 0 Å². The molecule has 1 aromatic rings. The lowest BCUT2D eigenvalue weighted by Gasteiger charge is -2.31. The zero-order chi connectivity index (χ0) is 15.1. The third-order valence-corrected chi connectivity index (χ3v) is 3.26. The van der Waals surface area contributed by atoms with E-state index in [0.29, 0.717) is 0 Å². The van der Waals surface area contributed by atoms with Crippen LogP contribution in [-0.4, -0.2) is 10.9 Å². The molecule has 0 fully saturated rings. The fraction of sp³-hybridized carbons (Fsp3) is 0.154. The number of carbonyl (C=O) groups excluding carboxylic acids is 1. The molecule has 106 valence electrons. The van der Waals surface area contributed by atoms with E-state index in [1.165, 1.54) is 18.2 Å². The number of halogens is 6. The Labute approximate surface area is 115 Å². The Morgan fingerprint density at radius 1 is 1.05 bits per heavy atom. The van der Waals surface area contributed by atoms with Gasteiger partial charge in [-0.1, -0.05) is 30.3 Å². The summed E-state index contributed by atoms with van der Waals surface area (Å²) in [6, 6.07) is 6.45. The molecule has 0 radical (unpaired) electrons. The summed E-state index contributed by atoms with van der Waals surface area (Å²) in [5.74, 6) is -11.2. The van der Waals surface area contributed by atoms with E-state index >= 15 is 0 Å². The number of hydrogen-bond acceptors (Lipinski definition) is 1. The summed E-state index contributed by atoms with van der Waals surface area (Å²) >= 11 is 4.95. The van der Waals surface area contributed by atoms with Crippen molar-refractivity contribution >= 4 is 16.8 Å². The topological polar surface area (TPSA) is 17.1 Å². The summed E-state index contributed by atoms with van der Waals surface area (Å²) in [6.07, 6.45) is 0. The molecule has 0 saturated carbocycles. The quantitative estimate of drug-likeness (QED) is 0.578. The van der Waals surface area contributed by atoms with Gasteiger partial charge >= 0.3 is 0 Å². The van der Waals surface area contributed by atoms with Gasteiger partial charge in [-0.2, -0.15) is 0 Å². The second-order valence-corrected chi connectivity index (χ2v) is 4.46. The lowest BCUT2D eigenvalue weighted by Crippen LogP contribution is -2.41. The van der Waals surface area contributed by atoms with Gasteiger partial charge in [-0.25, -0.2) is 22.0 Å². The molecule has 2 unspecified atom stereocenters. The normalized spacial score (nSPS) is 27.0. The van der Waals surface area contributed by atoms with Crippen LogP contribution >= 0.6 is 11.6 Å². The Morgan fingerprint density at radius 3 is 2.10 bits per heavy atom. The van der Waals surface area contributed by atoms with Gasteiger partial charge in [-0.05, 0) is 17.2 Å². The van der Waals surface area contributed by atoms with Gasteiger partial charge in [-0.15, -0.1) is 0 Å². The van der Waals surface area contributed by atoms with E-state index in [1.807, 2.05) is 0 Å². The van der Waals surface area contributed by atoms with Crippen molar-refractivity contribution in [1.82, 2.24) is 0 Å². The van der Waals surface area contributed by atoms with Crippen molar-refractivity contribution < 1.29 is 26.7 Å². The van der Waals surface area contributed by atoms with Gasteiger partial charge in [0.15, 0.2) is 23.3 Å². The number of rotatable bonds is 2. The van der Waals surface area contributed by atoms with E-state index in [4.69, 9.17) is 11.6 Å². The van der Waals surface area contributed by atoms with Gasteiger partial charge in [-0.3, -0.25) is 4.79 Å². The van der Waals surface area contributed by atoms with Crippen LogP contribution in [-0.2, 0) is 4.79 Å². The van der Waals surface area contributed by atoms with Crippen molar-refractivity contribution in [2.75, 3.05) is 0 Å². The lowest BCUT2D eigenvalue weighted by molar-refractivity contribution is -0.122. The second kappa shape index (κ2) is 5.01. The fourth-order valence-corrected chi connectivity index (χ4v) is 2.20. The molecule has 2 atom stereocenters. The van der Waals surface area contributed by atoms with Crippen LogP contribution in [0.25, 0.3) is 0 Å². The molecule has 0 N–H and O–H groups in total. The summed E-state index contributed by atoms with van der Waals surface area (Å²) < 4.78 is 68.4. The first kappa shape index (κ1) is 14.7. The van der Waals surface area contributed by atoms with Gasteiger partial charge in [0.25, 0.3) is 10.9 Å². The fourth-order valence-electron chi connectivity index (χ4n) is 2.01. The van der Waals surface area contributed by atoms with Crippen molar-refractivity contribution in [3.63, 3.8) is 0 Å². The van der Waals surface area contributed by atoms with E-state index in [-0.39, 0.29) is 5.56 Å². The number of carbonyl (C=O) groups is 1. The summed E-state index contributed by atoms with van der Waals surface area (Å²) in [7, 11) is 0. The van der Waals surface area contributed by atoms with Gasteiger partial charge in [0, 0.05) is 0 Å². The maximum atomic E-state index is 14.5. The van der Waals surface area contributed by atoms with E-state index in [0.717, 1.165) is 12.1 Å². The monoisotopic (exact) mass is 308 g/mol. The average Bonchev–Trinajstić information content (AvgIpc) is 2.44. The Balaban J connectivity index is 2.73. The van der Waals surface area contributed by atoms with E-state index in [2.05, 4.69) is 0 Å². The molecule has 1 aliphatic carbocycles. The van der Waals surface area contributed by atoms with Crippen molar-refractivity contribution in [2.24, 2.45) is 0 Å². The smallest absolute Gasteiger partial charge is 0.267 e. The Bertz CT molecular complexity index is 625. The third-order valence-electron chi connectivity index (χ3n) is 2.98. The third kappa shape index (κ3) is 1.95. The largest absolute Gasteiger partial charge is 0.277 e. The Morgan fingerprint density at radius 2 is 1.60 bits per heavy atom. The van der Waals surface area contributed by atoms with E-state index in [1.54, 1.807) is 0 Å². The Hall–Kier alpha value is -1.69. The molecule has 1 aliphatic rings.